The molecule has 4 nitrogen and oxygen atoms in total. The Labute approximate surface area is 180 Å². The van der Waals surface area contributed by atoms with Gasteiger partial charge in [-0.3, -0.25) is 14.5 Å². The minimum atomic E-state index is 0. The molecule has 0 aliphatic heterocycles. The van der Waals surface area contributed by atoms with E-state index in [-0.39, 0.29) is 24.7 Å². The minimum absolute atomic E-state index is 0. The van der Waals surface area contributed by atoms with Crippen LogP contribution in [0.5, 0.6) is 0 Å². The molecule has 0 atom stereocenters. The van der Waals surface area contributed by atoms with E-state index >= 15 is 0 Å². The third kappa shape index (κ3) is 5.19. The molecule has 0 aliphatic carbocycles. The second-order valence-electron chi connectivity index (χ2n) is 6.74. The van der Waals surface area contributed by atoms with Crippen molar-refractivity contribution in [2.45, 2.75) is 26.3 Å². The Morgan fingerprint density at radius 1 is 1.03 bits per heavy atom. The molecule has 29 heavy (non-hydrogen) atoms. The van der Waals surface area contributed by atoms with Gasteiger partial charge in [0.15, 0.2) is 5.78 Å². The quantitative estimate of drug-likeness (QED) is 0.373. The highest BCUT2D eigenvalue weighted by Crippen LogP contribution is 2.22. The lowest BCUT2D eigenvalue weighted by atomic mass is 10.1. The summed E-state index contributed by atoms with van der Waals surface area (Å²) in [6, 6.07) is 20.2. The maximum Gasteiger partial charge on any atom is 0.194 e. The van der Waals surface area contributed by atoms with Gasteiger partial charge in [-0.05, 0) is 55.7 Å². The maximum atomic E-state index is 12.7. The van der Waals surface area contributed by atoms with Crippen LogP contribution >= 0.6 is 23.7 Å². The van der Waals surface area contributed by atoms with Gasteiger partial charge in [0.2, 0.25) is 0 Å². The van der Waals surface area contributed by atoms with Crippen LogP contribution < -0.4 is 0 Å². The Bertz CT molecular complexity index is 1070. The van der Waals surface area contributed by atoms with E-state index in [1.807, 2.05) is 48.1 Å². The molecule has 4 aromatic rings. The number of rotatable bonds is 7. The third-order valence-electron chi connectivity index (χ3n) is 4.61. The second kappa shape index (κ2) is 9.63. The number of ketones is 1. The number of hydrogen-bond donors (Lipinski definition) is 0. The van der Waals surface area contributed by atoms with Gasteiger partial charge in [-0.2, -0.15) is 5.10 Å². The van der Waals surface area contributed by atoms with Gasteiger partial charge in [0.25, 0.3) is 0 Å². The predicted octanol–water partition coefficient (Wildman–Crippen LogP) is 5.40. The summed E-state index contributed by atoms with van der Waals surface area (Å²) in [5.74, 6) is 0.0842. The van der Waals surface area contributed by atoms with Crippen molar-refractivity contribution < 1.29 is 4.79 Å². The van der Waals surface area contributed by atoms with Crippen LogP contribution in [0, 0.1) is 6.92 Å². The van der Waals surface area contributed by atoms with Crippen molar-refractivity contribution in [3.05, 3.63) is 94.1 Å². The van der Waals surface area contributed by atoms with Gasteiger partial charge in [0, 0.05) is 22.8 Å². The summed E-state index contributed by atoms with van der Waals surface area (Å²) in [5, 5.41) is 4.75. The van der Waals surface area contributed by atoms with Gasteiger partial charge in [-0.15, -0.1) is 23.7 Å². The Morgan fingerprint density at radius 3 is 2.55 bits per heavy atom. The highest BCUT2D eigenvalue weighted by Gasteiger charge is 2.15. The molecule has 3 heterocycles. The normalized spacial score (nSPS) is 10.5. The van der Waals surface area contributed by atoms with Crippen LogP contribution in [0.2, 0.25) is 0 Å². The van der Waals surface area contributed by atoms with Crippen molar-refractivity contribution in [2.24, 2.45) is 0 Å². The number of Topliss-reactive ketones (excluding diaryl/α,β-unsaturated/α-hetero) is 1. The molecule has 0 aliphatic rings. The van der Waals surface area contributed by atoms with Crippen LogP contribution in [0.25, 0.3) is 11.3 Å². The first kappa shape index (κ1) is 21.0. The number of aryl methyl sites for hydroxylation is 3. The third-order valence-corrected chi connectivity index (χ3v) is 5.65. The summed E-state index contributed by atoms with van der Waals surface area (Å²) < 4.78 is 1.81. The largest absolute Gasteiger partial charge is 0.291 e. The van der Waals surface area contributed by atoms with E-state index in [1.165, 1.54) is 16.9 Å². The molecule has 0 radical (unpaired) electrons. The van der Waals surface area contributed by atoms with Crippen LogP contribution in [-0.4, -0.2) is 20.5 Å². The average molecular weight is 424 g/mol. The molecular weight excluding hydrogens is 402 g/mol. The lowest BCUT2D eigenvalue weighted by Gasteiger charge is -2.06. The molecule has 0 saturated heterocycles. The molecule has 148 valence electrons. The lowest BCUT2D eigenvalue weighted by Crippen LogP contribution is -2.12. The molecule has 0 bridgehead atoms. The van der Waals surface area contributed by atoms with Gasteiger partial charge in [0.1, 0.15) is 6.54 Å². The number of halogens is 1. The molecule has 0 spiro atoms. The number of thiophene rings is 1. The van der Waals surface area contributed by atoms with Gasteiger partial charge in [-0.25, -0.2) is 0 Å². The minimum Gasteiger partial charge on any atom is -0.291 e. The van der Waals surface area contributed by atoms with E-state index in [9.17, 15) is 4.79 Å². The smallest absolute Gasteiger partial charge is 0.194 e. The van der Waals surface area contributed by atoms with Crippen molar-refractivity contribution in [3.63, 3.8) is 0 Å². The van der Waals surface area contributed by atoms with Crippen LogP contribution in [0.1, 0.15) is 25.8 Å². The number of hydrogen-bond acceptors (Lipinski definition) is 4. The number of aromatic nitrogens is 3. The lowest BCUT2D eigenvalue weighted by molar-refractivity contribution is 0.0972. The van der Waals surface area contributed by atoms with Crippen LogP contribution in [0.4, 0.5) is 0 Å². The summed E-state index contributed by atoms with van der Waals surface area (Å²) in [6.07, 6.45) is 5.31. The van der Waals surface area contributed by atoms with Crippen molar-refractivity contribution in [2.75, 3.05) is 0 Å². The molecule has 1 aromatic carbocycles. The molecule has 0 fully saturated rings. The van der Waals surface area contributed by atoms with Crippen molar-refractivity contribution >= 4 is 29.5 Å². The van der Waals surface area contributed by atoms with E-state index in [4.69, 9.17) is 5.10 Å². The van der Waals surface area contributed by atoms with Gasteiger partial charge in [0.05, 0.1) is 16.3 Å². The monoisotopic (exact) mass is 423 g/mol. The second-order valence-corrected chi connectivity index (χ2v) is 8.03. The molecule has 0 amide bonds. The van der Waals surface area contributed by atoms with Gasteiger partial charge in [-0.1, -0.05) is 30.3 Å². The van der Waals surface area contributed by atoms with Crippen molar-refractivity contribution in [1.29, 1.82) is 0 Å². The molecule has 0 saturated carbocycles. The standard InChI is InChI=1S/C23H21N3OS.ClH/c1-17-9-12-23(28-17)22(27)16-26-21(19-8-5-13-24-15-19)14-20(25-26)11-10-18-6-3-2-4-7-18;/h2-9,12-15H,10-11,16H2,1H3;1H. The van der Waals surface area contributed by atoms with E-state index in [0.29, 0.717) is 0 Å². The molecule has 6 heteroatoms. The number of carbonyl (C=O) groups excluding carboxylic acids is 1. The summed E-state index contributed by atoms with van der Waals surface area (Å²) in [5.41, 5.74) is 4.16. The van der Waals surface area contributed by atoms with Crippen molar-refractivity contribution in [1.82, 2.24) is 14.8 Å². The van der Waals surface area contributed by atoms with Crippen molar-refractivity contribution in [3.8, 4) is 11.3 Å². The summed E-state index contributed by atoms with van der Waals surface area (Å²) >= 11 is 1.53. The van der Waals surface area contributed by atoms with E-state index < -0.39 is 0 Å². The highest BCUT2D eigenvalue weighted by atomic mass is 35.5. The topological polar surface area (TPSA) is 47.8 Å². The molecule has 0 N–H and O–H groups in total. The molecular formula is C23H22ClN3OS. The van der Waals surface area contributed by atoms with E-state index in [1.54, 1.807) is 6.20 Å². The fourth-order valence-corrected chi connectivity index (χ4v) is 3.97. The van der Waals surface area contributed by atoms with E-state index in [0.717, 1.165) is 39.5 Å². The Kier molecular flexibility index (Phi) is 6.96. The number of nitrogens with zero attached hydrogens (tertiary/aromatic N) is 3. The summed E-state index contributed by atoms with van der Waals surface area (Å²) in [4.78, 5) is 18.9. The number of pyridine rings is 1. The fourth-order valence-electron chi connectivity index (χ4n) is 3.17. The molecule has 0 unspecified atom stereocenters. The zero-order valence-electron chi connectivity index (χ0n) is 16.1. The van der Waals surface area contributed by atoms with Crippen LogP contribution in [-0.2, 0) is 19.4 Å². The highest BCUT2D eigenvalue weighted by molar-refractivity contribution is 7.14. The van der Waals surface area contributed by atoms with Crippen LogP contribution in [0.15, 0.2) is 73.1 Å². The number of carbonyl (C=O) groups is 1. The Morgan fingerprint density at radius 2 is 1.86 bits per heavy atom. The SMILES string of the molecule is Cc1ccc(C(=O)Cn2nc(CCc3ccccc3)cc2-c2cccnc2)s1.Cl. The summed E-state index contributed by atoms with van der Waals surface area (Å²) in [7, 11) is 0. The zero-order chi connectivity index (χ0) is 19.3. The first-order chi connectivity index (χ1) is 13.7. The maximum absolute atomic E-state index is 12.7. The van der Waals surface area contributed by atoms with Crippen LogP contribution in [0.3, 0.4) is 0 Å². The summed E-state index contributed by atoms with van der Waals surface area (Å²) in [6.45, 7) is 2.24. The van der Waals surface area contributed by atoms with E-state index in [2.05, 4.69) is 35.3 Å². The zero-order valence-corrected chi connectivity index (χ0v) is 17.7. The average Bonchev–Trinajstić information content (AvgIpc) is 3.34. The number of benzene rings is 1. The Hall–Kier alpha value is -2.76. The van der Waals surface area contributed by atoms with Gasteiger partial charge >= 0.3 is 0 Å². The first-order valence-corrected chi connectivity index (χ1v) is 10.1. The predicted molar refractivity (Wildman–Crippen MR) is 120 cm³/mol. The Balaban J connectivity index is 0.00000240. The van der Waals surface area contributed by atoms with Gasteiger partial charge < -0.3 is 0 Å². The fraction of sp³-hybridized carbons (Fsp3) is 0.174. The molecule has 3 aromatic heterocycles. The first-order valence-electron chi connectivity index (χ1n) is 9.30. The molecule has 4 rings (SSSR count).